The first kappa shape index (κ1) is 13.1. The highest BCUT2D eigenvalue weighted by molar-refractivity contribution is 7.10. The number of nitrogens with one attached hydrogen (secondary N) is 1. The van der Waals surface area contributed by atoms with Crippen LogP contribution < -0.4 is 5.32 Å². The largest absolute Gasteiger partial charge is 0.318 e. The quantitative estimate of drug-likeness (QED) is 0.896. The van der Waals surface area contributed by atoms with Crippen LogP contribution in [0.25, 0.3) is 0 Å². The first-order valence-corrected chi connectivity index (χ1v) is 8.31. The Bertz CT molecular complexity index is 427. The molecule has 1 aromatic heterocycles. The van der Waals surface area contributed by atoms with Crippen molar-refractivity contribution in [1.29, 1.82) is 0 Å². The molecule has 1 amide bonds. The van der Waals surface area contributed by atoms with Gasteiger partial charge in [-0.05, 0) is 37.1 Å². The zero-order chi connectivity index (χ0) is 13.2. The maximum atomic E-state index is 12.6. The molecular formula is C15H22N2OS. The van der Waals surface area contributed by atoms with Crippen LogP contribution in [0.5, 0.6) is 0 Å². The molecule has 1 saturated carbocycles. The third kappa shape index (κ3) is 2.43. The first-order valence-electron chi connectivity index (χ1n) is 7.43. The number of rotatable bonds is 5. The van der Waals surface area contributed by atoms with Crippen LogP contribution in [-0.2, 0) is 4.79 Å². The number of nitrogens with zero attached hydrogens (tertiary/aromatic N) is 1. The van der Waals surface area contributed by atoms with E-state index in [4.69, 9.17) is 0 Å². The Hall–Kier alpha value is -0.870. The van der Waals surface area contributed by atoms with Crippen molar-refractivity contribution in [2.45, 2.75) is 63.7 Å². The zero-order valence-corrected chi connectivity index (χ0v) is 12.3. The second-order valence-electron chi connectivity index (χ2n) is 5.61. The molecule has 2 heterocycles. The topological polar surface area (TPSA) is 32.3 Å². The monoisotopic (exact) mass is 278 g/mol. The SMILES string of the molecule is CCCCC1NC(c2cccs2)N(C2CCC2)C1=O. The van der Waals surface area contributed by atoms with Crippen molar-refractivity contribution in [3.8, 4) is 0 Å². The van der Waals surface area contributed by atoms with Crippen molar-refractivity contribution < 1.29 is 4.79 Å². The van der Waals surface area contributed by atoms with E-state index < -0.39 is 0 Å². The lowest BCUT2D eigenvalue weighted by molar-refractivity contribution is -0.134. The van der Waals surface area contributed by atoms with Gasteiger partial charge in [-0.3, -0.25) is 10.1 Å². The van der Waals surface area contributed by atoms with Crippen LogP contribution in [0.1, 0.15) is 56.5 Å². The molecule has 2 fully saturated rings. The zero-order valence-electron chi connectivity index (χ0n) is 11.5. The molecule has 3 nitrogen and oxygen atoms in total. The summed E-state index contributed by atoms with van der Waals surface area (Å²) in [5.74, 6) is 0.330. The summed E-state index contributed by atoms with van der Waals surface area (Å²) < 4.78 is 0. The Morgan fingerprint density at radius 3 is 2.89 bits per heavy atom. The van der Waals surface area contributed by atoms with Crippen molar-refractivity contribution in [1.82, 2.24) is 10.2 Å². The van der Waals surface area contributed by atoms with Gasteiger partial charge in [-0.25, -0.2) is 0 Å². The molecule has 4 heteroatoms. The summed E-state index contributed by atoms with van der Waals surface area (Å²) >= 11 is 1.75. The third-order valence-corrected chi connectivity index (χ3v) is 5.24. The average Bonchev–Trinajstić information content (AvgIpc) is 2.96. The Kier molecular flexibility index (Phi) is 3.89. The molecule has 0 radical (unpaired) electrons. The number of unbranched alkanes of at least 4 members (excludes halogenated alkanes) is 1. The summed E-state index contributed by atoms with van der Waals surface area (Å²) in [5.41, 5.74) is 0. The lowest BCUT2D eigenvalue weighted by Gasteiger charge is -2.38. The molecule has 0 bridgehead atoms. The Labute approximate surface area is 119 Å². The fourth-order valence-corrected chi connectivity index (χ4v) is 3.77. The van der Waals surface area contributed by atoms with Crippen LogP contribution in [0.3, 0.4) is 0 Å². The average molecular weight is 278 g/mol. The minimum Gasteiger partial charge on any atom is -0.318 e. The minimum atomic E-state index is 0.0349. The van der Waals surface area contributed by atoms with Gasteiger partial charge in [0, 0.05) is 10.9 Å². The Morgan fingerprint density at radius 1 is 1.47 bits per heavy atom. The number of hydrogen-bond acceptors (Lipinski definition) is 3. The number of amides is 1. The molecule has 1 N–H and O–H groups in total. The standard InChI is InChI=1S/C15H22N2OS/c1-2-3-8-12-15(18)17(11-6-4-7-11)14(16-12)13-9-5-10-19-13/h5,9-12,14,16H,2-4,6-8H2,1H3. The van der Waals surface area contributed by atoms with Gasteiger partial charge < -0.3 is 4.90 Å². The van der Waals surface area contributed by atoms with Gasteiger partial charge in [0.15, 0.2) is 0 Å². The van der Waals surface area contributed by atoms with Gasteiger partial charge in [0.1, 0.15) is 6.17 Å². The van der Waals surface area contributed by atoms with E-state index in [-0.39, 0.29) is 12.2 Å². The van der Waals surface area contributed by atoms with Crippen molar-refractivity contribution in [2.75, 3.05) is 0 Å². The van der Waals surface area contributed by atoms with Crippen molar-refractivity contribution in [2.24, 2.45) is 0 Å². The molecule has 2 aliphatic rings. The van der Waals surface area contributed by atoms with Crippen molar-refractivity contribution >= 4 is 17.2 Å². The number of thiophene rings is 1. The fourth-order valence-electron chi connectivity index (χ4n) is 2.99. The Morgan fingerprint density at radius 2 is 2.32 bits per heavy atom. The lowest BCUT2D eigenvalue weighted by atomic mass is 9.91. The van der Waals surface area contributed by atoms with E-state index in [1.165, 1.54) is 24.1 Å². The minimum absolute atomic E-state index is 0.0349. The summed E-state index contributed by atoms with van der Waals surface area (Å²) in [6, 6.07) is 4.72. The maximum absolute atomic E-state index is 12.6. The summed E-state index contributed by atoms with van der Waals surface area (Å²) in [6.45, 7) is 2.18. The molecule has 0 aromatic carbocycles. The molecule has 2 atom stereocenters. The fraction of sp³-hybridized carbons (Fsp3) is 0.667. The van der Waals surface area contributed by atoms with Gasteiger partial charge in [0.2, 0.25) is 5.91 Å². The normalized spacial score (nSPS) is 27.8. The summed E-state index contributed by atoms with van der Waals surface area (Å²) in [7, 11) is 0. The molecule has 0 spiro atoms. The highest BCUT2D eigenvalue weighted by atomic mass is 32.1. The van der Waals surface area contributed by atoms with E-state index in [9.17, 15) is 4.79 Å². The highest BCUT2D eigenvalue weighted by Crippen LogP contribution is 2.37. The molecule has 19 heavy (non-hydrogen) atoms. The first-order chi connectivity index (χ1) is 9.31. The molecule has 104 valence electrons. The Balaban J connectivity index is 1.78. The van der Waals surface area contributed by atoms with Gasteiger partial charge in [0.05, 0.1) is 6.04 Å². The lowest BCUT2D eigenvalue weighted by Crippen LogP contribution is -2.43. The van der Waals surface area contributed by atoms with E-state index in [0.717, 1.165) is 19.3 Å². The molecule has 2 unspecified atom stereocenters. The summed E-state index contributed by atoms with van der Waals surface area (Å²) in [4.78, 5) is 16.0. The van der Waals surface area contributed by atoms with Crippen LogP contribution in [0.4, 0.5) is 0 Å². The predicted octanol–water partition coefficient (Wildman–Crippen LogP) is 3.29. The molecule has 3 rings (SSSR count). The van der Waals surface area contributed by atoms with Crippen LogP contribution in [0, 0.1) is 0 Å². The maximum Gasteiger partial charge on any atom is 0.241 e. The van der Waals surface area contributed by atoms with Crippen molar-refractivity contribution in [3.05, 3.63) is 22.4 Å². The van der Waals surface area contributed by atoms with E-state index >= 15 is 0 Å². The van der Waals surface area contributed by atoms with E-state index in [2.05, 4.69) is 34.7 Å². The van der Waals surface area contributed by atoms with E-state index in [0.29, 0.717) is 11.9 Å². The predicted molar refractivity (Wildman–Crippen MR) is 78.0 cm³/mol. The van der Waals surface area contributed by atoms with Crippen LogP contribution >= 0.6 is 11.3 Å². The van der Waals surface area contributed by atoms with Gasteiger partial charge in [-0.1, -0.05) is 25.8 Å². The van der Waals surface area contributed by atoms with Gasteiger partial charge >= 0.3 is 0 Å². The molecule has 1 aliphatic heterocycles. The summed E-state index contributed by atoms with van der Waals surface area (Å²) in [5, 5.41) is 5.66. The van der Waals surface area contributed by atoms with Gasteiger partial charge in [-0.15, -0.1) is 11.3 Å². The second kappa shape index (κ2) is 5.63. The molecule has 1 aliphatic carbocycles. The van der Waals surface area contributed by atoms with Crippen LogP contribution in [0.2, 0.25) is 0 Å². The van der Waals surface area contributed by atoms with Crippen LogP contribution in [0.15, 0.2) is 17.5 Å². The summed E-state index contributed by atoms with van der Waals surface area (Å²) in [6.07, 6.45) is 6.99. The van der Waals surface area contributed by atoms with Crippen LogP contribution in [-0.4, -0.2) is 22.9 Å². The number of carbonyl (C=O) groups excluding carboxylic acids is 1. The van der Waals surface area contributed by atoms with Gasteiger partial charge in [0.25, 0.3) is 0 Å². The van der Waals surface area contributed by atoms with Gasteiger partial charge in [-0.2, -0.15) is 0 Å². The third-order valence-electron chi connectivity index (χ3n) is 4.32. The number of carbonyl (C=O) groups is 1. The highest BCUT2D eigenvalue weighted by Gasteiger charge is 2.44. The van der Waals surface area contributed by atoms with Crippen molar-refractivity contribution in [3.63, 3.8) is 0 Å². The molecule has 1 saturated heterocycles. The molecular weight excluding hydrogens is 256 g/mol. The van der Waals surface area contributed by atoms with E-state index in [1.807, 2.05) is 0 Å². The molecule has 1 aromatic rings. The smallest absolute Gasteiger partial charge is 0.241 e. The van der Waals surface area contributed by atoms with E-state index in [1.54, 1.807) is 11.3 Å². The number of hydrogen-bond donors (Lipinski definition) is 1. The second-order valence-corrected chi connectivity index (χ2v) is 6.59.